The van der Waals surface area contributed by atoms with Crippen LogP contribution >= 0.6 is 0 Å². The van der Waals surface area contributed by atoms with Gasteiger partial charge in [0, 0.05) is 6.54 Å². The number of piperidine rings is 1. The molecule has 1 fully saturated rings. The average Bonchev–Trinajstić information content (AvgIpc) is 2.24. The standard InChI is InChI=1S/C12H18F3NO4/c1-11(2,3)20-10(19)16-6-7(9(17)18)4-5-8(16)12(13,14)15/h7-8H,4-6H2,1-3H3,(H,17,18). The van der Waals surface area contributed by atoms with Crippen LogP contribution in [0.5, 0.6) is 0 Å². The lowest BCUT2D eigenvalue weighted by atomic mass is 9.93. The Hall–Kier alpha value is -1.47. The fourth-order valence-electron chi connectivity index (χ4n) is 2.04. The van der Waals surface area contributed by atoms with Crippen LogP contribution in [0.4, 0.5) is 18.0 Å². The largest absolute Gasteiger partial charge is 0.481 e. The summed E-state index contributed by atoms with van der Waals surface area (Å²) in [6.45, 7) is 4.11. The minimum atomic E-state index is -4.60. The van der Waals surface area contributed by atoms with E-state index in [1.807, 2.05) is 0 Å². The number of carbonyl (C=O) groups is 2. The molecule has 0 aliphatic carbocycles. The molecular weight excluding hydrogens is 279 g/mol. The molecule has 116 valence electrons. The summed E-state index contributed by atoms with van der Waals surface area (Å²) in [5.74, 6) is -2.21. The zero-order valence-electron chi connectivity index (χ0n) is 11.5. The van der Waals surface area contributed by atoms with Gasteiger partial charge in [-0.05, 0) is 33.6 Å². The number of hydrogen-bond acceptors (Lipinski definition) is 3. The van der Waals surface area contributed by atoms with Gasteiger partial charge in [0.15, 0.2) is 0 Å². The molecule has 2 unspecified atom stereocenters. The second-order valence-corrected chi connectivity index (χ2v) is 5.80. The van der Waals surface area contributed by atoms with E-state index in [1.165, 1.54) is 20.8 Å². The van der Waals surface area contributed by atoms with Gasteiger partial charge < -0.3 is 9.84 Å². The Kier molecular flexibility index (Phi) is 4.55. The normalized spacial score (nSPS) is 24.4. The van der Waals surface area contributed by atoms with E-state index >= 15 is 0 Å². The minimum absolute atomic E-state index is 0.112. The molecule has 0 aromatic heterocycles. The molecule has 0 radical (unpaired) electrons. The van der Waals surface area contributed by atoms with Crippen molar-refractivity contribution in [2.45, 2.75) is 51.4 Å². The molecular formula is C12H18F3NO4. The Balaban J connectivity index is 2.92. The van der Waals surface area contributed by atoms with Gasteiger partial charge in [-0.3, -0.25) is 9.69 Å². The lowest BCUT2D eigenvalue weighted by molar-refractivity contribution is -0.193. The predicted octanol–water partition coefficient (Wildman–Crippen LogP) is 2.65. The van der Waals surface area contributed by atoms with Crippen molar-refractivity contribution in [2.75, 3.05) is 6.54 Å². The van der Waals surface area contributed by atoms with Gasteiger partial charge in [-0.25, -0.2) is 4.79 Å². The Bertz CT molecular complexity index is 389. The summed E-state index contributed by atoms with van der Waals surface area (Å²) in [5.41, 5.74) is -0.941. The van der Waals surface area contributed by atoms with Gasteiger partial charge in [0.1, 0.15) is 11.6 Å². The highest BCUT2D eigenvalue weighted by atomic mass is 19.4. The van der Waals surface area contributed by atoms with Gasteiger partial charge in [-0.1, -0.05) is 0 Å². The molecule has 1 aliphatic heterocycles. The molecule has 8 heteroatoms. The molecule has 1 aliphatic rings. The van der Waals surface area contributed by atoms with Gasteiger partial charge in [-0.15, -0.1) is 0 Å². The summed E-state index contributed by atoms with van der Waals surface area (Å²) in [5, 5.41) is 8.90. The van der Waals surface area contributed by atoms with Crippen LogP contribution in [0.25, 0.3) is 0 Å². The first-order chi connectivity index (χ1) is 8.92. The lowest BCUT2D eigenvalue weighted by Crippen LogP contribution is -2.55. The monoisotopic (exact) mass is 297 g/mol. The molecule has 1 N–H and O–H groups in total. The zero-order chi connectivity index (χ0) is 15.7. The second-order valence-electron chi connectivity index (χ2n) is 5.80. The first-order valence-electron chi connectivity index (χ1n) is 6.21. The van der Waals surface area contributed by atoms with Crippen LogP contribution in [0.3, 0.4) is 0 Å². The summed E-state index contributed by atoms with van der Waals surface area (Å²) < 4.78 is 43.7. The number of hydrogen-bond donors (Lipinski definition) is 1. The molecule has 0 aromatic rings. The number of ether oxygens (including phenoxy) is 1. The Morgan fingerprint density at radius 1 is 1.20 bits per heavy atom. The number of likely N-dealkylation sites (tertiary alicyclic amines) is 1. The maximum Gasteiger partial charge on any atom is 0.410 e. The Morgan fingerprint density at radius 2 is 1.75 bits per heavy atom. The predicted molar refractivity (Wildman–Crippen MR) is 63.1 cm³/mol. The number of nitrogens with zero attached hydrogens (tertiary/aromatic N) is 1. The number of aliphatic carboxylic acids is 1. The van der Waals surface area contributed by atoms with Crippen LogP contribution in [0, 0.1) is 5.92 Å². The average molecular weight is 297 g/mol. The summed E-state index contributed by atoms with van der Waals surface area (Å²) in [6, 6.07) is -1.99. The fraction of sp³-hybridized carbons (Fsp3) is 0.833. The third-order valence-electron chi connectivity index (χ3n) is 2.94. The third kappa shape index (κ3) is 4.28. The van der Waals surface area contributed by atoms with Crippen molar-refractivity contribution in [3.8, 4) is 0 Å². The number of rotatable bonds is 1. The summed E-state index contributed by atoms with van der Waals surface area (Å²) in [7, 11) is 0. The van der Waals surface area contributed by atoms with E-state index < -0.39 is 48.8 Å². The first-order valence-corrected chi connectivity index (χ1v) is 6.21. The molecule has 5 nitrogen and oxygen atoms in total. The topological polar surface area (TPSA) is 66.8 Å². The van der Waals surface area contributed by atoms with Crippen molar-refractivity contribution >= 4 is 12.1 Å². The number of amides is 1. The van der Waals surface area contributed by atoms with E-state index in [0.29, 0.717) is 4.90 Å². The van der Waals surface area contributed by atoms with Crippen LogP contribution in [-0.2, 0) is 9.53 Å². The van der Waals surface area contributed by atoms with Gasteiger partial charge in [-0.2, -0.15) is 13.2 Å². The van der Waals surface area contributed by atoms with Crippen molar-refractivity contribution in [3.05, 3.63) is 0 Å². The van der Waals surface area contributed by atoms with Gasteiger partial charge in [0.2, 0.25) is 0 Å². The molecule has 0 spiro atoms. The van der Waals surface area contributed by atoms with Crippen LogP contribution in [0.15, 0.2) is 0 Å². The van der Waals surface area contributed by atoms with Gasteiger partial charge in [0.25, 0.3) is 0 Å². The molecule has 0 saturated carbocycles. The molecule has 1 saturated heterocycles. The highest BCUT2D eigenvalue weighted by Gasteiger charge is 2.50. The van der Waals surface area contributed by atoms with E-state index in [-0.39, 0.29) is 6.42 Å². The molecule has 0 bridgehead atoms. The number of carboxylic acid groups (broad SMARTS) is 1. The van der Waals surface area contributed by atoms with Gasteiger partial charge >= 0.3 is 18.2 Å². The minimum Gasteiger partial charge on any atom is -0.481 e. The van der Waals surface area contributed by atoms with Crippen molar-refractivity contribution in [3.63, 3.8) is 0 Å². The maximum atomic E-state index is 12.9. The molecule has 1 rings (SSSR count). The SMILES string of the molecule is CC(C)(C)OC(=O)N1CC(C(=O)O)CCC1C(F)(F)F. The van der Waals surface area contributed by atoms with Crippen molar-refractivity contribution in [2.24, 2.45) is 5.92 Å². The fourth-order valence-corrected chi connectivity index (χ4v) is 2.04. The van der Waals surface area contributed by atoms with Crippen LogP contribution in [-0.4, -0.2) is 46.4 Å². The summed E-state index contributed by atoms with van der Waals surface area (Å²) in [4.78, 5) is 23.2. The third-order valence-corrected chi connectivity index (χ3v) is 2.94. The lowest BCUT2D eigenvalue weighted by Gasteiger charge is -2.39. The maximum absolute atomic E-state index is 12.9. The molecule has 0 aromatic carbocycles. The van der Waals surface area contributed by atoms with E-state index in [4.69, 9.17) is 9.84 Å². The Labute approximate surface area is 114 Å². The summed E-state index contributed by atoms with van der Waals surface area (Å²) >= 11 is 0. The number of carboxylic acids is 1. The van der Waals surface area contributed by atoms with E-state index in [2.05, 4.69) is 0 Å². The molecule has 20 heavy (non-hydrogen) atoms. The highest BCUT2D eigenvalue weighted by molar-refractivity contribution is 5.73. The highest BCUT2D eigenvalue weighted by Crippen LogP contribution is 2.34. The number of carbonyl (C=O) groups excluding carboxylic acids is 1. The number of halogens is 3. The number of alkyl halides is 3. The first kappa shape index (κ1) is 16.6. The van der Waals surface area contributed by atoms with Crippen molar-refractivity contribution in [1.82, 2.24) is 4.90 Å². The van der Waals surface area contributed by atoms with E-state index in [9.17, 15) is 22.8 Å². The van der Waals surface area contributed by atoms with E-state index in [1.54, 1.807) is 0 Å². The van der Waals surface area contributed by atoms with Crippen LogP contribution in [0.1, 0.15) is 33.6 Å². The van der Waals surface area contributed by atoms with E-state index in [0.717, 1.165) is 0 Å². The Morgan fingerprint density at radius 3 is 2.15 bits per heavy atom. The van der Waals surface area contributed by atoms with Crippen molar-refractivity contribution < 1.29 is 32.6 Å². The second kappa shape index (κ2) is 5.49. The molecule has 1 heterocycles. The molecule has 2 atom stereocenters. The van der Waals surface area contributed by atoms with Crippen molar-refractivity contribution in [1.29, 1.82) is 0 Å². The quantitative estimate of drug-likeness (QED) is 0.808. The zero-order valence-corrected chi connectivity index (χ0v) is 11.5. The van der Waals surface area contributed by atoms with Crippen LogP contribution in [0.2, 0.25) is 0 Å². The summed E-state index contributed by atoms with van der Waals surface area (Å²) in [6.07, 6.45) is -6.27. The van der Waals surface area contributed by atoms with Gasteiger partial charge in [0.05, 0.1) is 5.92 Å². The smallest absolute Gasteiger partial charge is 0.410 e. The molecule has 1 amide bonds. The van der Waals surface area contributed by atoms with Crippen LogP contribution < -0.4 is 0 Å².